The van der Waals surface area contributed by atoms with Gasteiger partial charge in [0.25, 0.3) is 0 Å². The number of amides is 2. The van der Waals surface area contributed by atoms with E-state index in [0.29, 0.717) is 32.6 Å². The first-order valence-corrected chi connectivity index (χ1v) is 19.2. The summed E-state index contributed by atoms with van der Waals surface area (Å²) in [6.07, 6.45) is 19.2. The van der Waals surface area contributed by atoms with Crippen LogP contribution in [0, 0.1) is 5.92 Å². The zero-order valence-corrected chi connectivity index (χ0v) is 31.1. The normalized spacial score (nSPS) is 12.3. The van der Waals surface area contributed by atoms with Gasteiger partial charge in [-0.05, 0) is 45.4 Å². The number of ether oxygens (including phenoxy) is 2. The van der Waals surface area contributed by atoms with E-state index in [4.69, 9.17) is 14.6 Å². The Morgan fingerprint density at radius 3 is 1.64 bits per heavy atom. The molecule has 290 valence electrons. The molecule has 0 aromatic heterocycles. The number of aliphatic carboxylic acids is 2. The Morgan fingerprint density at radius 1 is 0.560 bits per heavy atom. The van der Waals surface area contributed by atoms with Gasteiger partial charge in [0.05, 0.1) is 13.2 Å². The monoisotopic (exact) mass is 712 g/mol. The molecule has 0 saturated heterocycles. The summed E-state index contributed by atoms with van der Waals surface area (Å²) < 4.78 is 10.7. The molecule has 0 heterocycles. The van der Waals surface area contributed by atoms with Crippen molar-refractivity contribution in [3.05, 3.63) is 0 Å². The summed E-state index contributed by atoms with van der Waals surface area (Å²) in [6.45, 7) is 4.87. The molecule has 0 saturated carbocycles. The van der Waals surface area contributed by atoms with Crippen LogP contribution in [0.3, 0.4) is 0 Å². The molecule has 4 N–H and O–H groups in total. The standard InChI is InChI=1S/C38H68N2O10/c1-31(32(2)41)20-17-18-26-39-36(44)30-50-29-28-49-27-19-21-33(42)24-25-34(38(47)48)40-35(43)22-15-13-11-9-7-5-3-4-6-8-10-12-14-16-23-37(45)46/h31,34H,3-30H2,1-2H3,(H,39,44)(H,40,43)(H,45,46)(H,47,48)/t31-,34-/m0/s1. The number of hydrogen-bond acceptors (Lipinski definition) is 8. The summed E-state index contributed by atoms with van der Waals surface area (Å²) in [7, 11) is 0. The van der Waals surface area contributed by atoms with Gasteiger partial charge in [0.1, 0.15) is 24.2 Å². The molecule has 0 aliphatic carbocycles. The van der Waals surface area contributed by atoms with E-state index in [9.17, 15) is 33.9 Å². The first-order chi connectivity index (χ1) is 24.0. The van der Waals surface area contributed by atoms with Crippen LogP contribution in [0.25, 0.3) is 0 Å². The lowest BCUT2D eigenvalue weighted by atomic mass is 10.0. The quantitative estimate of drug-likeness (QED) is 0.0515. The minimum Gasteiger partial charge on any atom is -0.481 e. The van der Waals surface area contributed by atoms with E-state index in [-0.39, 0.29) is 74.6 Å². The second-order valence-electron chi connectivity index (χ2n) is 13.5. The summed E-state index contributed by atoms with van der Waals surface area (Å²) in [4.78, 5) is 69.7. The summed E-state index contributed by atoms with van der Waals surface area (Å²) in [5.41, 5.74) is 0. The van der Waals surface area contributed by atoms with Crippen molar-refractivity contribution >= 4 is 35.3 Å². The van der Waals surface area contributed by atoms with Crippen LogP contribution in [0.4, 0.5) is 0 Å². The number of Topliss-reactive ketones (excluding diaryl/α,β-unsaturated/α-hetero) is 2. The van der Waals surface area contributed by atoms with Crippen molar-refractivity contribution in [2.24, 2.45) is 5.92 Å². The van der Waals surface area contributed by atoms with Crippen LogP contribution in [0.5, 0.6) is 0 Å². The fourth-order valence-corrected chi connectivity index (χ4v) is 5.45. The second kappa shape index (κ2) is 33.3. The third kappa shape index (κ3) is 32.4. The van der Waals surface area contributed by atoms with Gasteiger partial charge in [-0.3, -0.25) is 24.0 Å². The lowest BCUT2D eigenvalue weighted by molar-refractivity contribution is -0.142. The molecule has 2 atom stereocenters. The molecule has 50 heavy (non-hydrogen) atoms. The van der Waals surface area contributed by atoms with Crippen molar-refractivity contribution in [1.29, 1.82) is 0 Å². The summed E-state index contributed by atoms with van der Waals surface area (Å²) in [5.74, 6) is -2.19. The topological polar surface area (TPSA) is 185 Å². The van der Waals surface area contributed by atoms with Crippen LogP contribution in [0.1, 0.15) is 162 Å². The number of carbonyl (C=O) groups is 6. The smallest absolute Gasteiger partial charge is 0.326 e. The molecule has 0 radical (unpaired) electrons. The number of carboxylic acids is 2. The molecule has 0 aliphatic rings. The van der Waals surface area contributed by atoms with Crippen LogP contribution in [-0.2, 0) is 38.2 Å². The molecule has 12 heteroatoms. The summed E-state index contributed by atoms with van der Waals surface area (Å²) >= 11 is 0. The minimum absolute atomic E-state index is 0.0526. The number of nitrogens with one attached hydrogen (secondary N) is 2. The number of ketones is 2. The maximum absolute atomic E-state index is 12.3. The highest BCUT2D eigenvalue weighted by Gasteiger charge is 2.20. The first-order valence-electron chi connectivity index (χ1n) is 19.2. The predicted molar refractivity (Wildman–Crippen MR) is 193 cm³/mol. The van der Waals surface area contributed by atoms with Gasteiger partial charge in [0.15, 0.2) is 0 Å². The van der Waals surface area contributed by atoms with Crippen LogP contribution in [0.2, 0.25) is 0 Å². The van der Waals surface area contributed by atoms with E-state index < -0.39 is 18.0 Å². The van der Waals surface area contributed by atoms with E-state index in [1.807, 2.05) is 6.92 Å². The summed E-state index contributed by atoms with van der Waals surface area (Å²) in [6, 6.07) is -1.08. The number of hydrogen-bond donors (Lipinski definition) is 4. The SMILES string of the molecule is CC(=O)[C@@H](C)CCCCNC(=O)COCCOCCCC(=O)CC[C@H](NC(=O)CCCCCCCCCCCCCCCCC(=O)O)C(=O)O. The van der Waals surface area contributed by atoms with Gasteiger partial charge in [0.2, 0.25) is 11.8 Å². The molecule has 0 spiro atoms. The van der Waals surface area contributed by atoms with Gasteiger partial charge in [-0.2, -0.15) is 0 Å². The Bertz CT molecular complexity index is 943. The maximum Gasteiger partial charge on any atom is 0.326 e. The van der Waals surface area contributed by atoms with Gasteiger partial charge in [-0.15, -0.1) is 0 Å². The van der Waals surface area contributed by atoms with Gasteiger partial charge in [-0.1, -0.05) is 90.4 Å². The van der Waals surface area contributed by atoms with Gasteiger partial charge >= 0.3 is 11.9 Å². The molecule has 0 aromatic carbocycles. The van der Waals surface area contributed by atoms with Crippen molar-refractivity contribution in [2.45, 2.75) is 168 Å². The van der Waals surface area contributed by atoms with E-state index in [1.54, 1.807) is 6.92 Å². The molecule has 0 fully saturated rings. The number of unbranched alkanes of at least 4 members (excludes halogenated alkanes) is 14. The molecule has 0 unspecified atom stereocenters. The predicted octanol–water partition coefficient (Wildman–Crippen LogP) is 6.56. The van der Waals surface area contributed by atoms with Crippen LogP contribution in [-0.4, -0.2) is 84.5 Å². The fraction of sp³-hybridized carbons (Fsp3) is 0.842. The Kier molecular flexibility index (Phi) is 31.4. The van der Waals surface area contributed by atoms with Crippen molar-refractivity contribution in [3.63, 3.8) is 0 Å². The first kappa shape index (κ1) is 47.1. The molecule has 0 aliphatic heterocycles. The molecule has 0 bridgehead atoms. The highest BCUT2D eigenvalue weighted by Crippen LogP contribution is 2.14. The zero-order valence-electron chi connectivity index (χ0n) is 31.1. The Hall–Kier alpha value is -2.86. The highest BCUT2D eigenvalue weighted by atomic mass is 16.5. The van der Waals surface area contributed by atoms with Crippen molar-refractivity contribution in [1.82, 2.24) is 10.6 Å². The number of rotatable bonds is 37. The van der Waals surface area contributed by atoms with E-state index in [1.165, 1.54) is 44.9 Å². The van der Waals surface area contributed by atoms with Crippen LogP contribution < -0.4 is 10.6 Å². The lowest BCUT2D eigenvalue weighted by Crippen LogP contribution is -2.41. The Balaban J connectivity index is 3.69. The maximum atomic E-state index is 12.3. The molecule has 12 nitrogen and oxygen atoms in total. The van der Waals surface area contributed by atoms with Gasteiger partial charge in [0, 0.05) is 44.8 Å². The number of carbonyl (C=O) groups excluding carboxylic acids is 4. The molecular formula is C38H68N2O10. The van der Waals surface area contributed by atoms with Gasteiger partial charge in [-0.25, -0.2) is 4.79 Å². The van der Waals surface area contributed by atoms with Crippen molar-refractivity contribution in [3.8, 4) is 0 Å². The molecular weight excluding hydrogens is 644 g/mol. The minimum atomic E-state index is -1.14. The zero-order chi connectivity index (χ0) is 37.2. The molecule has 2 amide bonds. The number of carboxylic acid groups (broad SMARTS) is 2. The summed E-state index contributed by atoms with van der Waals surface area (Å²) in [5, 5.41) is 23.5. The van der Waals surface area contributed by atoms with Crippen LogP contribution in [0.15, 0.2) is 0 Å². The van der Waals surface area contributed by atoms with E-state index in [2.05, 4.69) is 10.6 Å². The van der Waals surface area contributed by atoms with Crippen molar-refractivity contribution in [2.75, 3.05) is 33.0 Å². The second-order valence-corrected chi connectivity index (χ2v) is 13.5. The molecule has 0 aromatic rings. The van der Waals surface area contributed by atoms with Gasteiger partial charge < -0.3 is 30.3 Å². The largest absolute Gasteiger partial charge is 0.481 e. The van der Waals surface area contributed by atoms with E-state index in [0.717, 1.165) is 57.8 Å². The molecule has 0 rings (SSSR count). The Labute approximate surface area is 300 Å². The average Bonchev–Trinajstić information content (AvgIpc) is 3.06. The third-order valence-electron chi connectivity index (χ3n) is 8.82. The fourth-order valence-electron chi connectivity index (χ4n) is 5.45. The van der Waals surface area contributed by atoms with Crippen LogP contribution >= 0.6 is 0 Å². The lowest BCUT2D eigenvalue weighted by Gasteiger charge is -2.14. The highest BCUT2D eigenvalue weighted by molar-refractivity contribution is 5.84. The Morgan fingerprint density at radius 2 is 1.10 bits per heavy atom. The average molecular weight is 713 g/mol. The van der Waals surface area contributed by atoms with Crippen molar-refractivity contribution < 1.29 is 48.5 Å². The third-order valence-corrected chi connectivity index (χ3v) is 8.82. The van der Waals surface area contributed by atoms with E-state index >= 15 is 0 Å².